The van der Waals surface area contributed by atoms with Crippen LogP contribution in [0.25, 0.3) is 0 Å². The van der Waals surface area contributed by atoms with Crippen molar-refractivity contribution in [3.63, 3.8) is 0 Å². The predicted octanol–water partition coefficient (Wildman–Crippen LogP) is -9.09. The van der Waals surface area contributed by atoms with E-state index in [9.17, 15) is 66.4 Å². The number of hydrogen-bond donors (Lipinski definition) is 13. The van der Waals surface area contributed by atoms with E-state index in [1.54, 1.807) is 0 Å². The van der Waals surface area contributed by atoms with Crippen LogP contribution in [0.3, 0.4) is 0 Å². The lowest BCUT2D eigenvalue weighted by Crippen LogP contribution is -2.67. The smallest absolute Gasteiger partial charge is 0.187 e. The van der Waals surface area contributed by atoms with E-state index in [0.29, 0.717) is 0 Å². The van der Waals surface area contributed by atoms with Gasteiger partial charge in [-0.3, -0.25) is 0 Å². The van der Waals surface area contributed by atoms with Gasteiger partial charge in [0.1, 0.15) is 97.7 Å². The molecule has 270 valence electrons. The molecule has 4 aliphatic rings. The van der Waals surface area contributed by atoms with E-state index in [0.717, 1.165) is 0 Å². The number of aliphatic hydroxyl groups is 13. The van der Waals surface area contributed by atoms with Gasteiger partial charge in [-0.25, -0.2) is 0 Å². The Morgan fingerprint density at radius 1 is 0.391 bits per heavy atom. The summed E-state index contributed by atoms with van der Waals surface area (Å²) in [7, 11) is 1.21. The molecule has 0 aromatic heterocycles. The van der Waals surface area contributed by atoms with Crippen molar-refractivity contribution in [2.24, 2.45) is 0 Å². The summed E-state index contributed by atoms with van der Waals surface area (Å²) in [4.78, 5) is 0. The van der Waals surface area contributed by atoms with E-state index in [1.807, 2.05) is 0 Å². The molecule has 0 radical (unpaired) electrons. The minimum Gasteiger partial charge on any atom is -0.394 e. The van der Waals surface area contributed by atoms with Crippen LogP contribution in [0.2, 0.25) is 0 Å². The Morgan fingerprint density at radius 2 is 0.674 bits per heavy atom. The quantitative estimate of drug-likeness (QED) is 0.0963. The minimum absolute atomic E-state index is 0.647. The Balaban J connectivity index is 1.43. The topological polar surface area (TPSA) is 337 Å². The average Bonchev–Trinajstić information content (AvgIpc) is 3.05. The molecule has 1 unspecified atom stereocenters. The lowest BCUT2D eigenvalue weighted by molar-refractivity contribution is -0.387. The molecule has 0 aromatic carbocycles. The van der Waals surface area contributed by atoms with Crippen LogP contribution in [0.5, 0.6) is 0 Å². The highest BCUT2D eigenvalue weighted by Gasteiger charge is 2.55. The van der Waals surface area contributed by atoms with Gasteiger partial charge in [0.05, 0.1) is 26.4 Å². The van der Waals surface area contributed by atoms with Gasteiger partial charge in [0.2, 0.25) is 0 Å². The summed E-state index contributed by atoms with van der Waals surface area (Å²) in [5.41, 5.74) is 0. The van der Waals surface area contributed by atoms with Crippen molar-refractivity contribution in [3.8, 4) is 0 Å². The van der Waals surface area contributed by atoms with Crippen LogP contribution in [0.1, 0.15) is 0 Å². The van der Waals surface area contributed by atoms with Gasteiger partial charge in [-0.15, -0.1) is 0 Å². The summed E-state index contributed by atoms with van der Waals surface area (Å²) in [5.74, 6) is 0. The zero-order valence-corrected chi connectivity index (χ0v) is 24.5. The fraction of sp³-hybridized carbons (Fsp3) is 1.00. The third-order valence-electron chi connectivity index (χ3n) is 8.45. The summed E-state index contributed by atoms with van der Waals surface area (Å²) in [6, 6.07) is 0. The SMILES string of the molecule is CO[C@@H]1[C@H](O)[C@@H](O)[C@H](O[C@@H]2[C@H](O)[C@@H](O)[C@H](O[C@@H]3[C@H](O)[C@@H](O)[C@H](O[C@@H]4[C@H](O)[C@@H](O)C(O)O[C@@H]4CO)O[C@@H]3CO)O[C@@H]2CO)O[C@@H]1CO. The van der Waals surface area contributed by atoms with Crippen LogP contribution in [-0.4, -0.2) is 223 Å². The molecular weight excluding hydrogens is 636 g/mol. The number of ether oxygens (including phenoxy) is 8. The van der Waals surface area contributed by atoms with E-state index in [1.165, 1.54) is 7.11 Å². The van der Waals surface area contributed by atoms with E-state index in [4.69, 9.17) is 37.9 Å². The molecular formula is C25H44O21. The van der Waals surface area contributed by atoms with Gasteiger partial charge in [0, 0.05) is 7.11 Å². The molecule has 4 aliphatic heterocycles. The molecule has 13 N–H and O–H groups in total. The maximum atomic E-state index is 10.9. The number of aliphatic hydroxyl groups excluding tert-OH is 13. The number of methoxy groups -OCH3 is 1. The van der Waals surface area contributed by atoms with Crippen LogP contribution < -0.4 is 0 Å². The first-order chi connectivity index (χ1) is 21.8. The van der Waals surface area contributed by atoms with Crippen LogP contribution in [0.4, 0.5) is 0 Å². The molecule has 0 spiro atoms. The normalized spacial score (nSPS) is 52.0. The van der Waals surface area contributed by atoms with Crippen molar-refractivity contribution in [3.05, 3.63) is 0 Å². The molecule has 4 fully saturated rings. The Labute approximate surface area is 261 Å². The Bertz CT molecular complexity index is 926. The first-order valence-corrected chi connectivity index (χ1v) is 14.5. The molecule has 21 nitrogen and oxygen atoms in total. The fourth-order valence-corrected chi connectivity index (χ4v) is 5.82. The minimum atomic E-state index is -2.00. The van der Waals surface area contributed by atoms with Crippen LogP contribution in [0.15, 0.2) is 0 Å². The molecule has 0 aliphatic carbocycles. The van der Waals surface area contributed by atoms with Gasteiger partial charge in [-0.05, 0) is 0 Å². The molecule has 0 saturated carbocycles. The maximum absolute atomic E-state index is 10.9. The van der Waals surface area contributed by atoms with Gasteiger partial charge in [0.15, 0.2) is 25.2 Å². The van der Waals surface area contributed by atoms with E-state index >= 15 is 0 Å². The Hall–Kier alpha value is -0.840. The highest BCUT2D eigenvalue weighted by Crippen LogP contribution is 2.34. The van der Waals surface area contributed by atoms with Gasteiger partial charge < -0.3 is 104 Å². The third-order valence-corrected chi connectivity index (χ3v) is 8.45. The van der Waals surface area contributed by atoms with Crippen molar-refractivity contribution in [2.75, 3.05) is 33.5 Å². The molecule has 4 saturated heterocycles. The zero-order chi connectivity index (χ0) is 34.0. The highest BCUT2D eigenvalue weighted by atomic mass is 16.8. The Kier molecular flexibility index (Phi) is 13.4. The predicted molar refractivity (Wildman–Crippen MR) is 139 cm³/mol. The summed E-state index contributed by atoms with van der Waals surface area (Å²) in [6.45, 7) is -3.21. The maximum Gasteiger partial charge on any atom is 0.187 e. The van der Waals surface area contributed by atoms with Gasteiger partial charge >= 0.3 is 0 Å². The first kappa shape index (κ1) is 38.0. The molecule has 4 heterocycles. The van der Waals surface area contributed by atoms with Crippen molar-refractivity contribution < 1.29 is 104 Å². The molecule has 21 heteroatoms. The van der Waals surface area contributed by atoms with Crippen molar-refractivity contribution in [1.29, 1.82) is 0 Å². The van der Waals surface area contributed by atoms with Crippen molar-refractivity contribution in [2.45, 2.75) is 123 Å². The first-order valence-electron chi connectivity index (χ1n) is 14.5. The average molecular weight is 681 g/mol. The third kappa shape index (κ3) is 7.50. The second-order valence-corrected chi connectivity index (χ2v) is 11.4. The Morgan fingerprint density at radius 3 is 1.00 bits per heavy atom. The number of hydrogen-bond acceptors (Lipinski definition) is 21. The summed E-state index contributed by atoms with van der Waals surface area (Å²) < 4.78 is 43.2. The zero-order valence-electron chi connectivity index (χ0n) is 24.5. The monoisotopic (exact) mass is 680 g/mol. The molecule has 0 amide bonds. The van der Waals surface area contributed by atoms with Crippen LogP contribution >= 0.6 is 0 Å². The molecule has 0 bridgehead atoms. The summed E-state index contributed by atoms with van der Waals surface area (Å²) in [5, 5.41) is 133. The molecule has 20 atom stereocenters. The lowest BCUT2D eigenvalue weighted by Gasteiger charge is -2.49. The van der Waals surface area contributed by atoms with Crippen molar-refractivity contribution >= 4 is 0 Å². The fourth-order valence-electron chi connectivity index (χ4n) is 5.82. The lowest BCUT2D eigenvalue weighted by atomic mass is 9.95. The van der Waals surface area contributed by atoms with Crippen LogP contribution in [0, 0.1) is 0 Å². The summed E-state index contributed by atoms with van der Waals surface area (Å²) >= 11 is 0. The standard InChI is InChI=1S/C25H44O21/c1-39-18-6(2-26)41-23(15(35)11(18)31)45-20-8(4-28)43-25(17(37)13(20)33)46-21-9(5-29)42-24(16(36)12(21)32)44-19-7(3-27)40-22(38)14(34)10(19)30/h6-38H,2-5H2,1H3/t6-,7-,8-,9-,10-,11-,12-,13-,14-,15-,16-,17-,18+,19+,20+,21+,22?,23+,24+,25+/m1/s1. The summed E-state index contributed by atoms with van der Waals surface area (Å²) in [6.07, 6.45) is -33.8. The van der Waals surface area contributed by atoms with Crippen molar-refractivity contribution in [1.82, 2.24) is 0 Å². The van der Waals surface area contributed by atoms with E-state index in [2.05, 4.69) is 0 Å². The second-order valence-electron chi connectivity index (χ2n) is 11.4. The largest absolute Gasteiger partial charge is 0.394 e. The van der Waals surface area contributed by atoms with Gasteiger partial charge in [-0.2, -0.15) is 0 Å². The van der Waals surface area contributed by atoms with Gasteiger partial charge in [0.25, 0.3) is 0 Å². The highest BCUT2D eigenvalue weighted by molar-refractivity contribution is 4.97. The number of rotatable bonds is 11. The van der Waals surface area contributed by atoms with E-state index < -0.39 is 149 Å². The second kappa shape index (κ2) is 16.2. The molecule has 46 heavy (non-hydrogen) atoms. The van der Waals surface area contributed by atoms with Crippen LogP contribution in [-0.2, 0) is 37.9 Å². The molecule has 4 rings (SSSR count). The molecule has 0 aromatic rings. The van der Waals surface area contributed by atoms with Gasteiger partial charge in [-0.1, -0.05) is 0 Å². The van der Waals surface area contributed by atoms with E-state index in [-0.39, 0.29) is 0 Å².